The summed E-state index contributed by atoms with van der Waals surface area (Å²) in [4.78, 5) is 183. The van der Waals surface area contributed by atoms with E-state index in [0.29, 0.717) is 67.6 Å². The van der Waals surface area contributed by atoms with Crippen LogP contribution in [0.25, 0.3) is 0 Å². The van der Waals surface area contributed by atoms with E-state index >= 15 is 4.79 Å². The topological polar surface area (TPSA) is 279 Å². The molecule has 2 fully saturated rings. The molecule has 8 atom stereocenters. The first-order valence-corrected chi connectivity index (χ1v) is 34.8. The van der Waals surface area contributed by atoms with E-state index in [-0.39, 0.29) is 69.4 Å². The molecule has 2 aliphatic heterocycles. The van der Waals surface area contributed by atoms with Crippen molar-refractivity contribution in [2.24, 2.45) is 23.7 Å². The van der Waals surface area contributed by atoms with Crippen molar-refractivity contribution < 1.29 is 70.7 Å². The second-order valence-corrected chi connectivity index (χ2v) is 28.5. The van der Waals surface area contributed by atoms with Crippen molar-refractivity contribution in [1.82, 2.24) is 60.5 Å². The Bertz CT molecular complexity index is 3100. The summed E-state index contributed by atoms with van der Waals surface area (Å²) < 4.78 is 40.9. The highest BCUT2D eigenvalue weighted by atomic mass is 35.5. The Morgan fingerprint density at radius 2 is 1.22 bits per heavy atom. The zero-order valence-electron chi connectivity index (χ0n) is 60.6. The van der Waals surface area contributed by atoms with Crippen LogP contribution in [0.5, 0.6) is 0 Å². The van der Waals surface area contributed by atoms with Gasteiger partial charge in [-0.3, -0.25) is 52.7 Å². The van der Waals surface area contributed by atoms with E-state index in [2.05, 4.69) is 21.3 Å². The third-order valence-corrected chi connectivity index (χ3v) is 19.1. The van der Waals surface area contributed by atoms with E-state index in [9.17, 15) is 65.9 Å². The first kappa shape index (κ1) is 83.7. The van der Waals surface area contributed by atoms with Crippen molar-refractivity contribution in [2.75, 3.05) is 95.1 Å². The fraction of sp³-hybridized carbons (Fsp3) is 0.662. The lowest BCUT2D eigenvalue weighted by Crippen LogP contribution is -2.62. The van der Waals surface area contributed by atoms with Crippen LogP contribution < -0.4 is 21.3 Å². The van der Waals surface area contributed by atoms with Gasteiger partial charge in [0, 0.05) is 86.8 Å². The van der Waals surface area contributed by atoms with E-state index in [1.807, 2.05) is 34.6 Å². The first-order chi connectivity index (χ1) is 46.4. The van der Waals surface area contributed by atoms with Crippen molar-refractivity contribution in [3.05, 3.63) is 70.2 Å². The third kappa shape index (κ3) is 24.6. The average Bonchev–Trinajstić information content (AvgIpc) is 0.831. The van der Waals surface area contributed by atoms with Crippen molar-refractivity contribution in [1.29, 1.82) is 0 Å². The number of carbonyl (C=O) groups excluding carboxylic acids is 12. The van der Waals surface area contributed by atoms with Gasteiger partial charge >= 0.3 is 6.18 Å². The van der Waals surface area contributed by atoms with Crippen molar-refractivity contribution >= 4 is 82.9 Å². The highest BCUT2D eigenvalue weighted by Gasteiger charge is 2.43. The van der Waals surface area contributed by atoms with Gasteiger partial charge in [-0.1, -0.05) is 97.7 Å². The van der Waals surface area contributed by atoms with Crippen molar-refractivity contribution in [3.8, 4) is 0 Å². The number of hydrogen-bond acceptors (Lipinski definition) is 13. The minimum absolute atomic E-state index is 0.0161. The molecule has 4 rings (SSSR count). The van der Waals surface area contributed by atoms with Gasteiger partial charge in [-0.15, -0.1) is 0 Å². The number of likely N-dealkylation sites (tertiary alicyclic amines) is 1. The molecule has 0 bridgehead atoms. The number of nitrogens with zero attached hydrogens (tertiary/aromatic N) is 8. The van der Waals surface area contributed by atoms with Crippen molar-refractivity contribution in [2.45, 2.75) is 187 Å². The second kappa shape index (κ2) is 38.8. The minimum Gasteiger partial charge on any atom is -0.343 e. The maximum Gasteiger partial charge on any atom is 0.416 e. The molecule has 2 aliphatic rings. The third-order valence-electron chi connectivity index (χ3n) is 18.8. The Morgan fingerprint density at radius 1 is 0.636 bits per heavy atom. The minimum atomic E-state index is -4.62. The molecule has 0 saturated carbocycles. The van der Waals surface area contributed by atoms with E-state index in [0.717, 1.165) is 38.2 Å². The van der Waals surface area contributed by atoms with Gasteiger partial charge in [-0.05, 0) is 123 Å². The fourth-order valence-electron chi connectivity index (χ4n) is 12.5. The fourth-order valence-corrected chi connectivity index (χ4v) is 12.6. The van der Waals surface area contributed by atoms with Crippen LogP contribution in [0.2, 0.25) is 5.02 Å². The number of amides is 11. The molecule has 24 nitrogen and oxygen atoms in total. The number of aldehydes is 1. The maximum atomic E-state index is 15.0. The van der Waals surface area contributed by atoms with Gasteiger partial charge < -0.3 is 65.3 Å². The summed E-state index contributed by atoms with van der Waals surface area (Å²) in [7, 11) is 9.67. The number of halogens is 4. The van der Waals surface area contributed by atoms with Crippen molar-refractivity contribution in [3.63, 3.8) is 0 Å². The van der Waals surface area contributed by atoms with Gasteiger partial charge in [0.1, 0.15) is 48.1 Å². The molecule has 28 heteroatoms. The zero-order chi connectivity index (χ0) is 74.4. The first-order valence-electron chi connectivity index (χ1n) is 34.4. The summed E-state index contributed by atoms with van der Waals surface area (Å²) in [5.74, 6) is -8.66. The van der Waals surface area contributed by atoms with Gasteiger partial charge in [-0.2, -0.15) is 13.2 Å². The summed E-state index contributed by atoms with van der Waals surface area (Å²) >= 11 is 6.22. The van der Waals surface area contributed by atoms with E-state index in [1.165, 1.54) is 76.2 Å². The smallest absolute Gasteiger partial charge is 0.343 e. The molecule has 0 aromatic heterocycles. The normalized spacial score (nSPS) is 24.2. The van der Waals surface area contributed by atoms with E-state index in [1.54, 1.807) is 49.9 Å². The predicted octanol–water partition coefficient (Wildman–Crippen LogP) is 5.21. The van der Waals surface area contributed by atoms with E-state index in [4.69, 9.17) is 11.6 Å². The molecule has 2 aromatic rings. The van der Waals surface area contributed by atoms with Crippen LogP contribution in [0.3, 0.4) is 0 Å². The van der Waals surface area contributed by atoms with Gasteiger partial charge in [0.25, 0.3) is 0 Å². The number of benzene rings is 2. The van der Waals surface area contributed by atoms with Crippen LogP contribution in [-0.2, 0) is 76.6 Å². The molecule has 0 unspecified atom stereocenters. The van der Waals surface area contributed by atoms with Gasteiger partial charge in [0.2, 0.25) is 65.0 Å². The molecule has 11 amide bonds. The Morgan fingerprint density at radius 3 is 1.79 bits per heavy atom. The molecule has 0 radical (unpaired) electrons. The molecule has 0 aliphatic carbocycles. The van der Waals surface area contributed by atoms with Crippen LogP contribution >= 0.6 is 11.6 Å². The quantitative estimate of drug-likeness (QED) is 0.177. The monoisotopic (exact) mass is 1410 g/mol. The summed E-state index contributed by atoms with van der Waals surface area (Å²) in [6.45, 7) is 13.5. The highest BCUT2D eigenvalue weighted by Crippen LogP contribution is 2.30. The number of aryl methyl sites for hydroxylation is 1. The highest BCUT2D eigenvalue weighted by molar-refractivity contribution is 6.30. The van der Waals surface area contributed by atoms with Gasteiger partial charge in [0.05, 0.1) is 31.6 Å². The summed E-state index contributed by atoms with van der Waals surface area (Å²) in [5.41, 5.74) is -1.47. The summed E-state index contributed by atoms with van der Waals surface area (Å²) in [6.07, 6.45) is -1.15. The summed E-state index contributed by atoms with van der Waals surface area (Å²) in [5, 5.41) is 12.1. The second-order valence-electron chi connectivity index (χ2n) is 28.1. The molecule has 0 spiro atoms. The van der Waals surface area contributed by atoms with Crippen LogP contribution in [0, 0.1) is 23.7 Å². The maximum absolute atomic E-state index is 15.0. The zero-order valence-corrected chi connectivity index (χ0v) is 61.4. The Labute approximate surface area is 587 Å². The molecule has 2 heterocycles. The standard InChI is InChI=1S/C71H108ClF3N12O12/c1-16-48(8)62-69(99)82(11)41-60(92)80(9)42-61(93)84(13)56(37-50-25-30-52(72)31-26-50)68(98)81(10)40-57(89)77-53(32-27-49-23-28-51(29-24-49)71(73,74)75)66(96)86(15)70(44-88,39-46(4)5)43-76-33-19-18-22-58(90)83(12)55(36-45(2)3)64(94)78-54(67(97)87-34-20-17-21-35-87)38-59(91)85(14)63(47(6)7)65(95)79-62/h23-26,28-31,44-48,53-56,62-63,76H,16-22,27,32-43H2,1-15H3,(H,77,89)(H,78,94)(H,79,95)/t48-,53-,54-,55-,56-,62-,63-,70+/m0/s1. The molecule has 552 valence electrons. The van der Waals surface area contributed by atoms with Crippen LogP contribution in [0.15, 0.2) is 48.5 Å². The number of alkyl halides is 3. The number of likely N-dealkylation sites (N-methyl/N-ethyl adjacent to an activating group) is 7. The molecule has 2 aromatic carbocycles. The summed E-state index contributed by atoms with van der Waals surface area (Å²) in [6, 6.07) is 3.16. The molecule has 4 N–H and O–H groups in total. The average molecular weight is 1410 g/mol. The van der Waals surface area contributed by atoms with Gasteiger partial charge in [0.15, 0.2) is 0 Å². The largest absolute Gasteiger partial charge is 0.416 e. The molecular formula is C71H108ClF3N12O12. The number of carbonyl (C=O) groups is 12. The lowest BCUT2D eigenvalue weighted by molar-refractivity contribution is -0.148. The Hall–Kier alpha value is -7.68. The molecule has 99 heavy (non-hydrogen) atoms. The number of piperidine rings is 1. The predicted molar refractivity (Wildman–Crippen MR) is 370 cm³/mol. The number of hydrogen-bond donors (Lipinski definition) is 4. The number of nitrogens with one attached hydrogen (secondary N) is 4. The molecular weight excluding hydrogens is 1310 g/mol. The van der Waals surface area contributed by atoms with Gasteiger partial charge in [-0.25, -0.2) is 0 Å². The lowest BCUT2D eigenvalue weighted by atomic mass is 9.87. The lowest BCUT2D eigenvalue weighted by Gasteiger charge is -2.41. The molecule has 2 saturated heterocycles. The number of rotatable bonds is 14. The Kier molecular flexibility index (Phi) is 32.8. The Balaban J connectivity index is 1.80. The van der Waals surface area contributed by atoms with E-state index < -0.39 is 150 Å². The van der Waals surface area contributed by atoms with Crippen LogP contribution in [0.4, 0.5) is 13.2 Å². The SMILES string of the molecule is CC[C@H](C)[C@@H]1NC(=O)[C@H](C(C)C)N(C)C(=O)C[C@@H](C(=O)N2CCCCC2)NC(=O)[C@H](CC(C)C)N(C)C(=O)CCCCNC[C@@](C=O)(CC(C)C)N(C)C(=O)[C@H](CCc2ccc(C(F)(F)F)cc2)NC(=O)CN(C)C(=O)[C@H](Cc2ccc(Cl)cc2)N(C)C(=O)CN(C)C(=O)CN(C)C1=O. The van der Waals surface area contributed by atoms with Crippen LogP contribution in [-0.4, -0.2) is 247 Å². The van der Waals surface area contributed by atoms with Crippen LogP contribution in [0.1, 0.15) is 143 Å².